The van der Waals surface area contributed by atoms with E-state index in [1.54, 1.807) is 12.1 Å². The maximum Gasteiger partial charge on any atom is 0.0515 e. The van der Waals surface area contributed by atoms with Crippen molar-refractivity contribution >= 4 is 50.7 Å². The van der Waals surface area contributed by atoms with Crippen molar-refractivity contribution < 1.29 is 0 Å². The molecule has 0 radical (unpaired) electrons. The van der Waals surface area contributed by atoms with E-state index < -0.39 is 0 Å². The summed E-state index contributed by atoms with van der Waals surface area (Å²) < 4.78 is 0.938. The van der Waals surface area contributed by atoms with Gasteiger partial charge in [-0.3, -0.25) is 11.3 Å². The summed E-state index contributed by atoms with van der Waals surface area (Å²) in [6.45, 7) is 0. The zero-order valence-corrected chi connectivity index (χ0v) is 14.2. The van der Waals surface area contributed by atoms with E-state index in [-0.39, 0.29) is 6.04 Å². The summed E-state index contributed by atoms with van der Waals surface area (Å²) in [4.78, 5) is 0. The van der Waals surface area contributed by atoms with Crippen LogP contribution in [-0.2, 0) is 6.42 Å². The summed E-state index contributed by atoms with van der Waals surface area (Å²) in [7, 11) is 0. The van der Waals surface area contributed by atoms with Gasteiger partial charge in [-0.1, -0.05) is 62.9 Å². The standard InChI is InChI=1S/C14H12BrCl3N2/c15-9-2-1-8(12(17)6-9)5-14(20-19)11-4-3-10(16)7-13(11)18/h1-4,6-7,14,20H,5,19H2. The molecule has 0 bridgehead atoms. The molecule has 0 amide bonds. The molecule has 0 spiro atoms. The highest BCUT2D eigenvalue weighted by molar-refractivity contribution is 9.10. The lowest BCUT2D eigenvalue weighted by atomic mass is 9.99. The largest absolute Gasteiger partial charge is 0.271 e. The summed E-state index contributed by atoms with van der Waals surface area (Å²) in [6.07, 6.45) is 0.629. The second kappa shape index (κ2) is 7.12. The molecule has 0 heterocycles. The predicted molar refractivity (Wildman–Crippen MR) is 89.4 cm³/mol. The minimum Gasteiger partial charge on any atom is -0.271 e. The Kier molecular flexibility index (Phi) is 5.73. The topological polar surface area (TPSA) is 38.0 Å². The molecule has 0 aliphatic heterocycles. The van der Waals surface area contributed by atoms with Gasteiger partial charge in [0.15, 0.2) is 0 Å². The molecule has 2 aromatic rings. The van der Waals surface area contributed by atoms with Crippen molar-refractivity contribution in [2.24, 2.45) is 5.84 Å². The van der Waals surface area contributed by atoms with Crippen LogP contribution < -0.4 is 11.3 Å². The number of benzene rings is 2. The molecule has 0 aromatic heterocycles. The number of nitrogens with one attached hydrogen (secondary N) is 1. The van der Waals surface area contributed by atoms with Crippen molar-refractivity contribution in [1.29, 1.82) is 0 Å². The molecule has 2 rings (SSSR count). The minimum atomic E-state index is -0.140. The molecule has 2 aromatic carbocycles. The molecule has 0 aliphatic rings. The third kappa shape index (κ3) is 3.88. The number of nitrogens with two attached hydrogens (primary N) is 1. The Hall–Kier alpha value is -0.290. The van der Waals surface area contributed by atoms with Crippen molar-refractivity contribution in [2.45, 2.75) is 12.5 Å². The van der Waals surface area contributed by atoms with E-state index in [1.807, 2.05) is 24.3 Å². The molecule has 2 nitrogen and oxygen atoms in total. The summed E-state index contributed by atoms with van der Waals surface area (Å²) in [5, 5.41) is 1.86. The average Bonchev–Trinajstić information content (AvgIpc) is 2.39. The van der Waals surface area contributed by atoms with Crippen molar-refractivity contribution in [1.82, 2.24) is 5.43 Å². The fraction of sp³-hybridized carbons (Fsp3) is 0.143. The summed E-state index contributed by atoms with van der Waals surface area (Å²) in [5.41, 5.74) is 4.65. The van der Waals surface area contributed by atoms with Crippen LogP contribution in [-0.4, -0.2) is 0 Å². The van der Waals surface area contributed by atoms with Crippen LogP contribution in [0.5, 0.6) is 0 Å². The first-order valence-electron chi connectivity index (χ1n) is 5.86. The third-order valence-corrected chi connectivity index (χ3v) is 4.39. The van der Waals surface area contributed by atoms with Crippen molar-refractivity contribution in [3.63, 3.8) is 0 Å². The van der Waals surface area contributed by atoms with Crippen LogP contribution in [0.1, 0.15) is 17.2 Å². The van der Waals surface area contributed by atoms with Gasteiger partial charge in [-0.2, -0.15) is 0 Å². The second-order valence-corrected chi connectivity index (χ2v) is 6.49. The van der Waals surface area contributed by atoms with E-state index in [1.165, 1.54) is 0 Å². The summed E-state index contributed by atoms with van der Waals surface area (Å²) in [6, 6.07) is 11.0. The first kappa shape index (κ1) is 16.1. The minimum absolute atomic E-state index is 0.140. The van der Waals surface area contributed by atoms with Crippen LogP contribution in [0.3, 0.4) is 0 Å². The maximum atomic E-state index is 6.23. The van der Waals surface area contributed by atoms with Crippen LogP contribution in [0.25, 0.3) is 0 Å². The number of hydrogen-bond acceptors (Lipinski definition) is 2. The number of hydrogen-bond donors (Lipinski definition) is 2. The van der Waals surface area contributed by atoms with Gasteiger partial charge in [0.1, 0.15) is 0 Å². The Labute approximate surface area is 141 Å². The second-order valence-electron chi connectivity index (χ2n) is 4.32. The molecule has 1 unspecified atom stereocenters. The normalized spacial score (nSPS) is 12.4. The summed E-state index contributed by atoms with van der Waals surface area (Å²) in [5.74, 6) is 5.65. The van der Waals surface area contributed by atoms with Gasteiger partial charge in [0, 0.05) is 19.5 Å². The van der Waals surface area contributed by atoms with Crippen molar-refractivity contribution in [3.05, 3.63) is 67.1 Å². The highest BCUT2D eigenvalue weighted by Crippen LogP contribution is 2.30. The molecule has 20 heavy (non-hydrogen) atoms. The lowest BCUT2D eigenvalue weighted by Gasteiger charge is -2.18. The lowest BCUT2D eigenvalue weighted by Crippen LogP contribution is -2.29. The first-order valence-corrected chi connectivity index (χ1v) is 7.79. The van der Waals surface area contributed by atoms with Crippen LogP contribution in [0.2, 0.25) is 15.1 Å². The Morgan fingerprint density at radius 1 is 1.05 bits per heavy atom. The molecule has 1 atom stereocenters. The quantitative estimate of drug-likeness (QED) is 0.555. The van der Waals surface area contributed by atoms with E-state index in [0.717, 1.165) is 15.6 Å². The van der Waals surface area contributed by atoms with Gasteiger partial charge in [-0.15, -0.1) is 0 Å². The van der Waals surface area contributed by atoms with Crippen LogP contribution in [0, 0.1) is 0 Å². The predicted octanol–water partition coefficient (Wildman–Crippen LogP) is 5.16. The third-order valence-electron chi connectivity index (χ3n) is 2.98. The molecule has 0 saturated heterocycles. The van der Waals surface area contributed by atoms with E-state index in [9.17, 15) is 0 Å². The van der Waals surface area contributed by atoms with E-state index in [2.05, 4.69) is 21.4 Å². The molecule has 6 heteroatoms. The van der Waals surface area contributed by atoms with Gasteiger partial charge in [0.05, 0.1) is 6.04 Å². The molecule has 106 valence electrons. The fourth-order valence-corrected chi connectivity index (χ4v) is 3.24. The van der Waals surface area contributed by atoms with E-state index in [0.29, 0.717) is 21.5 Å². The molecule has 0 saturated carbocycles. The first-order chi connectivity index (χ1) is 9.51. The Balaban J connectivity index is 2.28. The van der Waals surface area contributed by atoms with Crippen LogP contribution in [0.4, 0.5) is 0 Å². The van der Waals surface area contributed by atoms with Crippen LogP contribution in [0.15, 0.2) is 40.9 Å². The van der Waals surface area contributed by atoms with Gasteiger partial charge in [0.25, 0.3) is 0 Å². The average molecular weight is 395 g/mol. The highest BCUT2D eigenvalue weighted by Gasteiger charge is 2.16. The SMILES string of the molecule is NNC(Cc1ccc(Br)cc1Cl)c1ccc(Cl)cc1Cl. The Bertz CT molecular complexity index is 619. The Morgan fingerprint density at radius 2 is 1.80 bits per heavy atom. The number of rotatable bonds is 4. The van der Waals surface area contributed by atoms with Gasteiger partial charge >= 0.3 is 0 Å². The molecular formula is C14H12BrCl3N2. The van der Waals surface area contributed by atoms with E-state index >= 15 is 0 Å². The number of halogens is 4. The molecule has 0 aliphatic carbocycles. The molecule has 0 fully saturated rings. The fourth-order valence-electron chi connectivity index (χ4n) is 1.95. The van der Waals surface area contributed by atoms with Gasteiger partial charge in [-0.25, -0.2) is 0 Å². The zero-order valence-electron chi connectivity index (χ0n) is 10.3. The summed E-state index contributed by atoms with van der Waals surface area (Å²) >= 11 is 21.7. The highest BCUT2D eigenvalue weighted by atomic mass is 79.9. The molecule has 3 N–H and O–H groups in total. The monoisotopic (exact) mass is 392 g/mol. The molecular weight excluding hydrogens is 382 g/mol. The van der Waals surface area contributed by atoms with Crippen LogP contribution >= 0.6 is 50.7 Å². The van der Waals surface area contributed by atoms with Gasteiger partial charge in [-0.05, 0) is 41.8 Å². The van der Waals surface area contributed by atoms with Gasteiger partial charge in [0.2, 0.25) is 0 Å². The van der Waals surface area contributed by atoms with Crippen molar-refractivity contribution in [3.8, 4) is 0 Å². The zero-order chi connectivity index (χ0) is 14.7. The lowest BCUT2D eigenvalue weighted by molar-refractivity contribution is 0.552. The van der Waals surface area contributed by atoms with Gasteiger partial charge < -0.3 is 0 Å². The Morgan fingerprint density at radius 3 is 2.40 bits per heavy atom. The maximum absolute atomic E-state index is 6.23. The smallest absolute Gasteiger partial charge is 0.0515 e. The number of hydrazine groups is 1. The van der Waals surface area contributed by atoms with Crippen molar-refractivity contribution in [2.75, 3.05) is 0 Å². The van der Waals surface area contributed by atoms with E-state index in [4.69, 9.17) is 40.6 Å².